The first-order valence-corrected chi connectivity index (χ1v) is 8.59. The Morgan fingerprint density at radius 1 is 1.22 bits per heavy atom. The van der Waals surface area contributed by atoms with Crippen LogP contribution in [0.15, 0.2) is 30.3 Å². The lowest BCUT2D eigenvalue weighted by Crippen LogP contribution is -2.52. The van der Waals surface area contributed by atoms with Crippen LogP contribution in [0, 0.1) is 0 Å². The molecule has 2 unspecified atom stereocenters. The summed E-state index contributed by atoms with van der Waals surface area (Å²) in [5.74, 6) is -0.255. The minimum absolute atomic E-state index is 0.255. The lowest BCUT2D eigenvalue weighted by atomic mass is 9.97. The maximum atomic E-state index is 12.0. The minimum atomic E-state index is -0.305. The van der Waals surface area contributed by atoms with Crippen molar-refractivity contribution in [2.75, 3.05) is 32.8 Å². The van der Waals surface area contributed by atoms with Crippen LogP contribution in [-0.4, -0.2) is 60.6 Å². The van der Waals surface area contributed by atoms with E-state index in [1.54, 1.807) is 0 Å². The van der Waals surface area contributed by atoms with Crippen LogP contribution in [0.3, 0.4) is 0 Å². The van der Waals surface area contributed by atoms with E-state index in [0.29, 0.717) is 12.1 Å². The highest BCUT2D eigenvalue weighted by atomic mass is 16.5. The molecule has 23 heavy (non-hydrogen) atoms. The number of hydrogen-bond donors (Lipinski definition) is 1. The van der Waals surface area contributed by atoms with E-state index in [2.05, 4.69) is 16.7 Å². The molecule has 0 saturated carbocycles. The number of rotatable bonds is 4. The molecule has 2 fully saturated rings. The van der Waals surface area contributed by atoms with Crippen LogP contribution in [0.4, 0.5) is 0 Å². The molecule has 3 rings (SSSR count). The van der Waals surface area contributed by atoms with Gasteiger partial charge in [0.15, 0.2) is 0 Å². The summed E-state index contributed by atoms with van der Waals surface area (Å²) in [6.45, 7) is 6.84. The molecule has 126 valence electrons. The third kappa shape index (κ3) is 3.91. The van der Waals surface area contributed by atoms with Gasteiger partial charge in [-0.2, -0.15) is 0 Å². The molecule has 1 amide bonds. The number of hydrogen-bond acceptors (Lipinski definition) is 4. The Kier molecular flexibility index (Phi) is 5.30. The number of benzene rings is 1. The second-order valence-corrected chi connectivity index (χ2v) is 6.66. The van der Waals surface area contributed by atoms with Gasteiger partial charge in [-0.25, -0.2) is 0 Å². The van der Waals surface area contributed by atoms with Gasteiger partial charge in [-0.15, -0.1) is 0 Å². The van der Waals surface area contributed by atoms with Crippen molar-refractivity contribution in [1.82, 2.24) is 9.80 Å². The number of amides is 1. The average Bonchev–Trinajstić information content (AvgIpc) is 2.56. The van der Waals surface area contributed by atoms with E-state index >= 15 is 0 Å². The molecule has 1 aromatic rings. The Morgan fingerprint density at radius 3 is 2.52 bits per heavy atom. The van der Waals surface area contributed by atoms with Crippen molar-refractivity contribution in [2.24, 2.45) is 5.73 Å². The molecule has 2 N–H and O–H groups in total. The fourth-order valence-corrected chi connectivity index (χ4v) is 3.88. The number of nitrogens with zero attached hydrogens (tertiary/aromatic N) is 2. The molecular formula is C18H27N3O2. The molecule has 0 radical (unpaired) electrons. The highest BCUT2D eigenvalue weighted by molar-refractivity contribution is 5.81. The van der Waals surface area contributed by atoms with Gasteiger partial charge in [-0.1, -0.05) is 30.3 Å². The van der Waals surface area contributed by atoms with Crippen molar-refractivity contribution >= 4 is 5.91 Å². The monoisotopic (exact) mass is 317 g/mol. The lowest BCUT2D eigenvalue weighted by Gasteiger charge is -2.43. The van der Waals surface area contributed by atoms with Gasteiger partial charge in [0.05, 0.1) is 12.7 Å². The molecule has 1 aromatic carbocycles. The molecule has 0 aromatic heterocycles. The molecule has 5 nitrogen and oxygen atoms in total. The summed E-state index contributed by atoms with van der Waals surface area (Å²) in [6, 6.07) is 10.2. The van der Waals surface area contributed by atoms with E-state index in [9.17, 15) is 4.79 Å². The maximum Gasteiger partial charge on any atom is 0.239 e. The van der Waals surface area contributed by atoms with Crippen LogP contribution in [0.5, 0.6) is 0 Å². The summed E-state index contributed by atoms with van der Waals surface area (Å²) in [5.41, 5.74) is 6.69. The summed E-state index contributed by atoms with van der Waals surface area (Å²) in [5, 5.41) is 0. The van der Waals surface area contributed by atoms with Gasteiger partial charge in [-0.3, -0.25) is 14.6 Å². The van der Waals surface area contributed by atoms with Gasteiger partial charge in [0.25, 0.3) is 0 Å². The van der Waals surface area contributed by atoms with Gasteiger partial charge in [0.2, 0.25) is 5.91 Å². The largest absolute Gasteiger partial charge is 0.376 e. The molecule has 2 aliphatic rings. The first-order valence-electron chi connectivity index (χ1n) is 8.59. The Balaban J connectivity index is 1.62. The third-order valence-corrected chi connectivity index (χ3v) is 5.04. The van der Waals surface area contributed by atoms with Crippen LogP contribution in [0.2, 0.25) is 0 Å². The van der Waals surface area contributed by atoms with Crippen molar-refractivity contribution in [3.05, 3.63) is 35.9 Å². The fourth-order valence-electron chi connectivity index (χ4n) is 3.88. The van der Waals surface area contributed by atoms with Crippen molar-refractivity contribution < 1.29 is 9.53 Å². The normalized spacial score (nSPS) is 26.0. The third-order valence-electron chi connectivity index (χ3n) is 5.04. The highest BCUT2D eigenvalue weighted by Crippen LogP contribution is 2.27. The van der Waals surface area contributed by atoms with Crippen LogP contribution in [-0.2, 0) is 9.53 Å². The number of primary amides is 1. The first kappa shape index (κ1) is 16.4. The predicted octanol–water partition coefficient (Wildman–Crippen LogP) is 1.40. The van der Waals surface area contributed by atoms with Crippen LogP contribution >= 0.6 is 0 Å². The summed E-state index contributed by atoms with van der Waals surface area (Å²) in [7, 11) is 0. The molecule has 5 heteroatoms. The molecule has 2 atom stereocenters. The van der Waals surface area contributed by atoms with E-state index in [0.717, 1.165) is 51.2 Å². The number of morpholine rings is 1. The number of likely N-dealkylation sites (tertiary alicyclic amines) is 1. The molecular weight excluding hydrogens is 290 g/mol. The Hall–Kier alpha value is -1.43. The van der Waals surface area contributed by atoms with Crippen LogP contribution < -0.4 is 5.73 Å². The number of piperidine rings is 1. The van der Waals surface area contributed by atoms with E-state index in [-0.39, 0.29) is 11.9 Å². The second-order valence-electron chi connectivity index (χ2n) is 6.66. The molecule has 0 aliphatic carbocycles. The summed E-state index contributed by atoms with van der Waals surface area (Å²) < 4.78 is 5.63. The van der Waals surface area contributed by atoms with E-state index in [4.69, 9.17) is 10.5 Å². The topological polar surface area (TPSA) is 58.8 Å². The number of carbonyl (C=O) groups is 1. The Morgan fingerprint density at radius 2 is 1.91 bits per heavy atom. The molecule has 2 saturated heterocycles. The highest BCUT2D eigenvalue weighted by Gasteiger charge is 2.32. The molecule has 2 heterocycles. The van der Waals surface area contributed by atoms with Gasteiger partial charge in [0, 0.05) is 32.2 Å². The van der Waals surface area contributed by atoms with Crippen LogP contribution in [0.25, 0.3) is 0 Å². The fraction of sp³-hybridized carbons (Fsp3) is 0.611. The van der Waals surface area contributed by atoms with Gasteiger partial charge >= 0.3 is 0 Å². The Bertz CT molecular complexity index is 514. The molecule has 0 spiro atoms. The number of carbonyl (C=O) groups excluding carboxylic acids is 1. The predicted molar refractivity (Wildman–Crippen MR) is 90.0 cm³/mol. The number of nitrogens with two attached hydrogens (primary N) is 1. The number of ether oxygens (including phenoxy) is 1. The zero-order valence-corrected chi connectivity index (χ0v) is 13.9. The first-order chi connectivity index (χ1) is 11.1. The zero-order chi connectivity index (χ0) is 16.2. The minimum Gasteiger partial charge on any atom is -0.376 e. The molecule has 0 bridgehead atoms. The van der Waals surface area contributed by atoms with Crippen LogP contribution in [0.1, 0.15) is 31.4 Å². The summed E-state index contributed by atoms with van der Waals surface area (Å²) >= 11 is 0. The van der Waals surface area contributed by atoms with E-state index in [1.807, 2.05) is 30.3 Å². The quantitative estimate of drug-likeness (QED) is 0.912. The summed E-state index contributed by atoms with van der Waals surface area (Å²) in [4.78, 5) is 16.8. The standard InChI is InChI=1S/C18H27N3O2/c1-14-13-21(11-12-23-14)16-7-9-20(10-8-16)17(18(19)22)15-5-3-2-4-6-15/h2-6,14,16-17H,7-13H2,1H3,(H2,19,22). The lowest BCUT2D eigenvalue weighted by molar-refractivity contribution is -0.124. The van der Waals surface area contributed by atoms with Gasteiger partial charge < -0.3 is 10.5 Å². The summed E-state index contributed by atoms with van der Waals surface area (Å²) in [6.07, 6.45) is 2.50. The van der Waals surface area contributed by atoms with Crippen molar-refractivity contribution in [1.29, 1.82) is 0 Å². The maximum absolute atomic E-state index is 12.0. The van der Waals surface area contributed by atoms with Crippen molar-refractivity contribution in [3.63, 3.8) is 0 Å². The van der Waals surface area contributed by atoms with E-state index in [1.165, 1.54) is 0 Å². The average molecular weight is 317 g/mol. The van der Waals surface area contributed by atoms with E-state index < -0.39 is 0 Å². The Labute approximate surface area is 138 Å². The van der Waals surface area contributed by atoms with Gasteiger partial charge in [-0.05, 0) is 25.3 Å². The van der Waals surface area contributed by atoms with Gasteiger partial charge in [0.1, 0.15) is 6.04 Å². The SMILES string of the molecule is CC1CN(C2CCN(C(C(N)=O)c3ccccc3)CC2)CCO1. The smallest absolute Gasteiger partial charge is 0.239 e. The van der Waals surface area contributed by atoms with Crippen molar-refractivity contribution in [3.8, 4) is 0 Å². The zero-order valence-electron chi connectivity index (χ0n) is 13.9. The second kappa shape index (κ2) is 7.43. The molecule has 2 aliphatic heterocycles. The van der Waals surface area contributed by atoms with Crippen molar-refractivity contribution in [2.45, 2.75) is 38.0 Å².